The number of hydrogen-bond acceptors (Lipinski definition) is 5. The average molecular weight is 251 g/mol. The maximum atomic E-state index is 9.88. The third kappa shape index (κ3) is 2.17. The first-order valence-corrected chi connectivity index (χ1v) is 6.86. The second-order valence-corrected chi connectivity index (χ2v) is 5.97. The van der Waals surface area contributed by atoms with Gasteiger partial charge in [0.05, 0.1) is 12.6 Å². The maximum absolute atomic E-state index is 9.88. The van der Waals surface area contributed by atoms with Crippen LogP contribution in [0.15, 0.2) is 4.52 Å². The molecule has 2 fully saturated rings. The van der Waals surface area contributed by atoms with Gasteiger partial charge in [0.1, 0.15) is 0 Å². The van der Waals surface area contributed by atoms with Crippen molar-refractivity contribution >= 4 is 0 Å². The van der Waals surface area contributed by atoms with Crippen molar-refractivity contribution in [2.45, 2.75) is 45.3 Å². The minimum atomic E-state index is -0.100. The molecular weight excluding hydrogens is 230 g/mol. The fraction of sp³-hybridized carbons (Fsp3) is 0.846. The molecule has 0 bridgehead atoms. The molecule has 0 aromatic carbocycles. The molecule has 1 aliphatic carbocycles. The largest absolute Gasteiger partial charge is 0.393 e. The summed E-state index contributed by atoms with van der Waals surface area (Å²) in [7, 11) is 0. The van der Waals surface area contributed by atoms with Gasteiger partial charge in [-0.2, -0.15) is 4.98 Å². The lowest BCUT2D eigenvalue weighted by atomic mass is 10.00. The SMILES string of the molecule is CC(C)c1nc(CN2CC3CCC(O)C3C2)no1. The van der Waals surface area contributed by atoms with Gasteiger partial charge in [0.15, 0.2) is 5.82 Å². The van der Waals surface area contributed by atoms with Gasteiger partial charge in [-0.1, -0.05) is 19.0 Å². The van der Waals surface area contributed by atoms with E-state index in [9.17, 15) is 5.11 Å². The van der Waals surface area contributed by atoms with Crippen molar-refractivity contribution in [1.82, 2.24) is 15.0 Å². The van der Waals surface area contributed by atoms with Gasteiger partial charge in [0.25, 0.3) is 0 Å². The summed E-state index contributed by atoms with van der Waals surface area (Å²) in [6, 6.07) is 0. The fourth-order valence-corrected chi connectivity index (χ4v) is 3.22. The molecule has 100 valence electrons. The highest BCUT2D eigenvalue weighted by Gasteiger charge is 2.41. The Hall–Kier alpha value is -0.940. The minimum Gasteiger partial charge on any atom is -0.393 e. The van der Waals surface area contributed by atoms with Crippen LogP contribution in [0.5, 0.6) is 0 Å². The second-order valence-electron chi connectivity index (χ2n) is 5.97. The van der Waals surface area contributed by atoms with E-state index in [1.54, 1.807) is 0 Å². The Kier molecular flexibility index (Phi) is 3.11. The molecule has 5 heteroatoms. The molecule has 3 unspecified atom stereocenters. The summed E-state index contributed by atoms with van der Waals surface area (Å²) in [5, 5.41) is 13.9. The number of rotatable bonds is 3. The summed E-state index contributed by atoms with van der Waals surface area (Å²) in [5.74, 6) is 2.89. The molecule has 2 heterocycles. The highest BCUT2D eigenvalue weighted by molar-refractivity contribution is 4.96. The summed E-state index contributed by atoms with van der Waals surface area (Å²) < 4.78 is 5.21. The van der Waals surface area contributed by atoms with Crippen LogP contribution in [0.2, 0.25) is 0 Å². The van der Waals surface area contributed by atoms with Crippen LogP contribution < -0.4 is 0 Å². The van der Waals surface area contributed by atoms with Crippen LogP contribution in [0, 0.1) is 11.8 Å². The first-order chi connectivity index (χ1) is 8.63. The van der Waals surface area contributed by atoms with Crippen LogP contribution in [0.1, 0.15) is 44.3 Å². The van der Waals surface area contributed by atoms with Crippen LogP contribution >= 0.6 is 0 Å². The molecule has 2 aliphatic rings. The van der Waals surface area contributed by atoms with Gasteiger partial charge in [-0.15, -0.1) is 0 Å². The lowest BCUT2D eigenvalue weighted by molar-refractivity contribution is 0.123. The molecule has 1 aliphatic heterocycles. The predicted octanol–water partition coefficient (Wildman–Crippen LogP) is 1.40. The fourth-order valence-electron chi connectivity index (χ4n) is 3.22. The molecule has 0 amide bonds. The van der Waals surface area contributed by atoms with Crippen LogP contribution in [0.25, 0.3) is 0 Å². The van der Waals surface area contributed by atoms with Crippen LogP contribution in [-0.4, -0.2) is 39.3 Å². The Balaban J connectivity index is 1.60. The van der Waals surface area contributed by atoms with Gasteiger partial charge < -0.3 is 9.63 Å². The van der Waals surface area contributed by atoms with Crippen LogP contribution in [0.3, 0.4) is 0 Å². The van der Waals surface area contributed by atoms with E-state index in [1.165, 1.54) is 0 Å². The number of aliphatic hydroxyl groups excluding tert-OH is 1. The van der Waals surface area contributed by atoms with Crippen molar-refractivity contribution in [2.24, 2.45) is 11.8 Å². The van der Waals surface area contributed by atoms with Crippen molar-refractivity contribution in [3.63, 3.8) is 0 Å². The van der Waals surface area contributed by atoms with Gasteiger partial charge in [-0.25, -0.2) is 0 Å². The molecule has 3 atom stereocenters. The topological polar surface area (TPSA) is 62.4 Å². The Bertz CT molecular complexity index is 418. The minimum absolute atomic E-state index is 0.100. The van der Waals surface area contributed by atoms with Gasteiger partial charge in [0.2, 0.25) is 5.89 Å². The standard InChI is InChI=1S/C13H21N3O2/c1-8(2)13-14-12(15-18-13)7-16-5-9-3-4-11(17)10(9)6-16/h8-11,17H,3-7H2,1-2H3. The summed E-state index contributed by atoms with van der Waals surface area (Å²) >= 11 is 0. The zero-order valence-electron chi connectivity index (χ0n) is 11.0. The van der Waals surface area contributed by atoms with Crippen molar-refractivity contribution in [1.29, 1.82) is 0 Å². The third-order valence-electron chi connectivity index (χ3n) is 4.24. The summed E-state index contributed by atoms with van der Waals surface area (Å²) in [5.41, 5.74) is 0. The number of aromatic nitrogens is 2. The number of aliphatic hydroxyl groups is 1. The molecule has 5 nitrogen and oxygen atoms in total. The van der Waals surface area contributed by atoms with Gasteiger partial charge >= 0.3 is 0 Å². The highest BCUT2D eigenvalue weighted by Crippen LogP contribution is 2.38. The Morgan fingerprint density at radius 2 is 2.22 bits per heavy atom. The monoisotopic (exact) mass is 251 g/mol. The number of likely N-dealkylation sites (tertiary alicyclic amines) is 1. The number of fused-ring (bicyclic) bond motifs is 1. The van der Waals surface area contributed by atoms with E-state index in [4.69, 9.17) is 4.52 Å². The molecule has 18 heavy (non-hydrogen) atoms. The van der Waals surface area contributed by atoms with Crippen molar-refractivity contribution in [3.8, 4) is 0 Å². The molecule has 1 saturated carbocycles. The highest BCUT2D eigenvalue weighted by atomic mass is 16.5. The first kappa shape index (κ1) is 12.1. The Morgan fingerprint density at radius 1 is 1.39 bits per heavy atom. The van der Waals surface area contributed by atoms with E-state index < -0.39 is 0 Å². The zero-order valence-corrected chi connectivity index (χ0v) is 11.0. The van der Waals surface area contributed by atoms with Gasteiger partial charge in [-0.3, -0.25) is 4.90 Å². The third-order valence-corrected chi connectivity index (χ3v) is 4.24. The first-order valence-electron chi connectivity index (χ1n) is 6.86. The zero-order chi connectivity index (χ0) is 12.7. The van der Waals surface area contributed by atoms with Gasteiger partial charge in [0, 0.05) is 24.9 Å². The summed E-state index contributed by atoms with van der Waals surface area (Å²) in [6.45, 7) is 6.88. The van der Waals surface area contributed by atoms with Gasteiger partial charge in [-0.05, 0) is 18.8 Å². The lowest BCUT2D eigenvalue weighted by Crippen LogP contribution is -2.24. The maximum Gasteiger partial charge on any atom is 0.229 e. The van der Waals surface area contributed by atoms with E-state index in [1.807, 2.05) is 13.8 Å². The normalized spacial score (nSPS) is 32.3. The molecule has 1 saturated heterocycles. The summed E-state index contributed by atoms with van der Waals surface area (Å²) in [6.07, 6.45) is 2.03. The van der Waals surface area contributed by atoms with E-state index in [0.717, 1.165) is 38.3 Å². The van der Waals surface area contributed by atoms with E-state index >= 15 is 0 Å². The lowest BCUT2D eigenvalue weighted by Gasteiger charge is -2.15. The van der Waals surface area contributed by atoms with Crippen molar-refractivity contribution in [3.05, 3.63) is 11.7 Å². The second kappa shape index (κ2) is 4.63. The molecule has 0 radical (unpaired) electrons. The molecule has 1 aromatic heterocycles. The molecule has 1 N–H and O–H groups in total. The van der Waals surface area contributed by atoms with Crippen LogP contribution in [0.4, 0.5) is 0 Å². The number of nitrogens with zero attached hydrogens (tertiary/aromatic N) is 3. The van der Waals surface area contributed by atoms with Crippen molar-refractivity contribution in [2.75, 3.05) is 13.1 Å². The number of hydrogen-bond donors (Lipinski definition) is 1. The van der Waals surface area contributed by atoms with E-state index in [2.05, 4.69) is 15.0 Å². The molecule has 3 rings (SSSR count). The van der Waals surface area contributed by atoms with Crippen LogP contribution in [-0.2, 0) is 6.54 Å². The smallest absolute Gasteiger partial charge is 0.229 e. The quantitative estimate of drug-likeness (QED) is 0.879. The molecule has 0 spiro atoms. The summed E-state index contributed by atoms with van der Waals surface area (Å²) in [4.78, 5) is 6.74. The Labute approximate surface area is 107 Å². The Morgan fingerprint density at radius 3 is 2.89 bits per heavy atom. The van der Waals surface area contributed by atoms with E-state index in [0.29, 0.717) is 17.7 Å². The van der Waals surface area contributed by atoms with E-state index in [-0.39, 0.29) is 12.0 Å². The van der Waals surface area contributed by atoms with Crippen molar-refractivity contribution < 1.29 is 9.63 Å². The molecular formula is C13H21N3O2. The average Bonchev–Trinajstić information content (AvgIpc) is 2.98. The molecule has 1 aromatic rings. The predicted molar refractivity (Wildman–Crippen MR) is 65.9 cm³/mol.